The van der Waals surface area contributed by atoms with Crippen LogP contribution in [0.4, 0.5) is 0 Å². The molecule has 1 unspecified atom stereocenters. The number of carbonyl (C=O) groups is 2. The summed E-state index contributed by atoms with van der Waals surface area (Å²) in [7, 11) is -1.72. The molecule has 1 aliphatic heterocycles. The van der Waals surface area contributed by atoms with E-state index in [1.807, 2.05) is 24.3 Å². The predicted molar refractivity (Wildman–Crippen MR) is 107 cm³/mol. The molecule has 0 amide bonds. The van der Waals surface area contributed by atoms with Gasteiger partial charge in [-0.05, 0) is 36.3 Å². The highest BCUT2D eigenvalue weighted by molar-refractivity contribution is 7.99. The molecule has 2 heterocycles. The van der Waals surface area contributed by atoms with Crippen molar-refractivity contribution in [2.45, 2.75) is 28.5 Å². The zero-order valence-electron chi connectivity index (χ0n) is 15.5. The van der Waals surface area contributed by atoms with Gasteiger partial charge < -0.3 is 9.47 Å². The van der Waals surface area contributed by atoms with Gasteiger partial charge in [-0.25, -0.2) is 22.7 Å². The Labute approximate surface area is 171 Å². The summed E-state index contributed by atoms with van der Waals surface area (Å²) < 4.78 is 38.2. The zero-order valence-corrected chi connectivity index (χ0v) is 17.9. The average molecular weight is 442 g/mol. The topological polar surface area (TPSA) is 98.8 Å². The molecule has 0 aliphatic carbocycles. The van der Waals surface area contributed by atoms with Gasteiger partial charge in [0.2, 0.25) is 0 Å². The molecule has 0 saturated heterocycles. The van der Waals surface area contributed by atoms with E-state index in [1.165, 1.54) is 14.0 Å². The number of esters is 2. The number of rotatable bonds is 5. The molecule has 0 radical (unpaired) electrons. The molecular formula is C18H19NO6S3. The van der Waals surface area contributed by atoms with E-state index in [2.05, 4.69) is 4.72 Å². The van der Waals surface area contributed by atoms with Crippen molar-refractivity contribution in [1.29, 1.82) is 0 Å². The number of hydrogen-bond acceptors (Lipinski definition) is 8. The summed E-state index contributed by atoms with van der Waals surface area (Å²) in [5.74, 6) is -0.748. The van der Waals surface area contributed by atoms with Gasteiger partial charge in [-0.1, -0.05) is 18.2 Å². The van der Waals surface area contributed by atoms with Crippen molar-refractivity contribution in [3.8, 4) is 0 Å². The highest BCUT2D eigenvalue weighted by atomic mass is 32.2. The van der Waals surface area contributed by atoms with Crippen LogP contribution < -0.4 is 4.72 Å². The fourth-order valence-corrected chi connectivity index (χ4v) is 7.14. The minimum atomic E-state index is -4.08. The molecule has 1 aromatic carbocycles. The van der Waals surface area contributed by atoms with E-state index in [0.717, 1.165) is 23.3 Å². The van der Waals surface area contributed by atoms with Crippen molar-refractivity contribution in [3.63, 3.8) is 0 Å². The third-order valence-electron chi connectivity index (χ3n) is 4.37. The van der Waals surface area contributed by atoms with Crippen LogP contribution in [-0.4, -0.2) is 40.3 Å². The van der Waals surface area contributed by atoms with Gasteiger partial charge in [0.1, 0.15) is 4.88 Å². The number of fused-ring (bicyclic) bond motifs is 1. The summed E-state index contributed by atoms with van der Waals surface area (Å²) in [6, 6.07) is 7.18. The van der Waals surface area contributed by atoms with Crippen LogP contribution in [0.5, 0.6) is 0 Å². The van der Waals surface area contributed by atoms with Gasteiger partial charge in [0.25, 0.3) is 10.0 Å². The van der Waals surface area contributed by atoms with Gasteiger partial charge in [-0.15, -0.1) is 23.1 Å². The van der Waals surface area contributed by atoms with Gasteiger partial charge in [-0.2, -0.15) is 0 Å². The lowest BCUT2D eigenvalue weighted by molar-refractivity contribution is 0.0596. The molecule has 1 atom stereocenters. The number of nitrogens with one attached hydrogen (secondary N) is 1. The Morgan fingerprint density at radius 1 is 1.14 bits per heavy atom. The largest absolute Gasteiger partial charge is 0.465 e. The first-order valence-corrected chi connectivity index (χ1v) is 11.6. The highest BCUT2D eigenvalue weighted by Gasteiger charge is 2.35. The third kappa shape index (κ3) is 3.82. The second-order valence-electron chi connectivity index (χ2n) is 6.05. The molecule has 28 heavy (non-hydrogen) atoms. The predicted octanol–water partition coefficient (Wildman–Crippen LogP) is 3.15. The van der Waals surface area contributed by atoms with E-state index in [9.17, 15) is 18.0 Å². The van der Waals surface area contributed by atoms with Gasteiger partial charge in [0, 0.05) is 10.9 Å². The van der Waals surface area contributed by atoms with E-state index in [-0.39, 0.29) is 20.2 Å². The van der Waals surface area contributed by atoms with Crippen molar-refractivity contribution in [2.24, 2.45) is 0 Å². The van der Waals surface area contributed by atoms with E-state index in [4.69, 9.17) is 9.47 Å². The fraction of sp³-hybridized carbons (Fsp3) is 0.333. The monoisotopic (exact) mass is 441 g/mol. The number of hydrogen-bond donors (Lipinski definition) is 1. The molecule has 3 rings (SSSR count). The van der Waals surface area contributed by atoms with Crippen LogP contribution in [0.25, 0.3) is 0 Å². The maximum absolute atomic E-state index is 13.2. The number of benzene rings is 1. The molecule has 150 valence electrons. The fourth-order valence-electron chi connectivity index (χ4n) is 3.01. The van der Waals surface area contributed by atoms with Crippen molar-refractivity contribution >= 4 is 45.1 Å². The Morgan fingerprint density at radius 2 is 1.82 bits per heavy atom. The van der Waals surface area contributed by atoms with Crippen LogP contribution in [0.15, 0.2) is 33.4 Å². The quantitative estimate of drug-likeness (QED) is 0.712. The number of sulfonamides is 1. The Hall–Kier alpha value is -1.88. The van der Waals surface area contributed by atoms with E-state index in [0.29, 0.717) is 17.8 Å². The first-order chi connectivity index (χ1) is 13.3. The van der Waals surface area contributed by atoms with Crippen LogP contribution in [0.2, 0.25) is 0 Å². The molecule has 0 fully saturated rings. The summed E-state index contributed by atoms with van der Waals surface area (Å²) >= 11 is 2.38. The Bertz CT molecular complexity index is 1030. The molecule has 1 aliphatic rings. The number of thioether (sulfide) groups is 1. The second kappa shape index (κ2) is 8.24. The van der Waals surface area contributed by atoms with Gasteiger partial charge in [0.05, 0.1) is 19.8 Å². The molecule has 10 heteroatoms. The summed E-state index contributed by atoms with van der Waals surface area (Å²) in [5, 5.41) is 0. The summed E-state index contributed by atoms with van der Waals surface area (Å²) in [6.45, 7) is 1.50. The summed E-state index contributed by atoms with van der Waals surface area (Å²) in [4.78, 5) is 25.3. The minimum absolute atomic E-state index is 0.0582. The lowest BCUT2D eigenvalue weighted by Crippen LogP contribution is -2.31. The van der Waals surface area contributed by atoms with Gasteiger partial charge >= 0.3 is 11.9 Å². The maximum Gasteiger partial charge on any atom is 0.348 e. The van der Waals surface area contributed by atoms with E-state index >= 15 is 0 Å². The molecule has 0 saturated carbocycles. The van der Waals surface area contributed by atoms with Crippen molar-refractivity contribution < 1.29 is 27.5 Å². The summed E-state index contributed by atoms with van der Waals surface area (Å²) in [5.41, 5.74) is 0.978. The van der Waals surface area contributed by atoms with Crippen LogP contribution in [-0.2, 0) is 19.5 Å². The lowest BCUT2D eigenvalue weighted by Gasteiger charge is -2.25. The standard InChI is InChI=1S/C18H19NO6S3/c1-10-14(16(20)24-2)18(27-15(10)17(21)25-3)28(22,23)19-12-8-9-26-13-7-5-4-6-11(12)13/h4-7,12,19H,8-9H2,1-3H3. The number of thiophene rings is 1. The molecule has 1 N–H and O–H groups in total. The Morgan fingerprint density at radius 3 is 2.50 bits per heavy atom. The van der Waals surface area contributed by atoms with Crippen LogP contribution in [0, 0.1) is 6.92 Å². The third-order valence-corrected chi connectivity index (χ3v) is 8.76. The molecule has 2 aromatic rings. The van der Waals surface area contributed by atoms with Crippen molar-refractivity contribution in [3.05, 3.63) is 45.8 Å². The highest BCUT2D eigenvalue weighted by Crippen LogP contribution is 2.38. The van der Waals surface area contributed by atoms with Gasteiger partial charge in [0.15, 0.2) is 4.21 Å². The van der Waals surface area contributed by atoms with Crippen molar-refractivity contribution in [2.75, 3.05) is 20.0 Å². The van der Waals surface area contributed by atoms with Crippen molar-refractivity contribution in [1.82, 2.24) is 4.72 Å². The molecular weight excluding hydrogens is 422 g/mol. The van der Waals surface area contributed by atoms with E-state index < -0.39 is 28.0 Å². The summed E-state index contributed by atoms with van der Waals surface area (Å²) in [6.07, 6.45) is 0.614. The number of carbonyl (C=O) groups excluding carboxylic acids is 2. The van der Waals surface area contributed by atoms with Crippen LogP contribution in [0.3, 0.4) is 0 Å². The van der Waals surface area contributed by atoms with Crippen LogP contribution in [0.1, 0.15) is 43.6 Å². The normalized spacial score (nSPS) is 16.3. The van der Waals surface area contributed by atoms with Crippen LogP contribution >= 0.6 is 23.1 Å². The number of ether oxygens (including phenoxy) is 2. The first-order valence-electron chi connectivity index (χ1n) is 8.34. The maximum atomic E-state index is 13.2. The minimum Gasteiger partial charge on any atom is -0.465 e. The molecule has 7 nitrogen and oxygen atoms in total. The first kappa shape index (κ1) is 20.8. The molecule has 1 aromatic heterocycles. The Kier molecular flexibility index (Phi) is 6.13. The zero-order chi connectivity index (χ0) is 20.5. The van der Waals surface area contributed by atoms with Gasteiger partial charge in [-0.3, -0.25) is 0 Å². The average Bonchev–Trinajstić information content (AvgIpc) is 3.05. The lowest BCUT2D eigenvalue weighted by atomic mass is 10.1. The molecule has 0 spiro atoms. The van der Waals surface area contributed by atoms with E-state index in [1.54, 1.807) is 11.8 Å². The second-order valence-corrected chi connectivity index (χ2v) is 10.1. The Balaban J connectivity index is 2.05. The molecule has 0 bridgehead atoms. The SMILES string of the molecule is COC(=O)c1sc(S(=O)(=O)NC2CCSc3ccccc32)c(C(=O)OC)c1C. The smallest absolute Gasteiger partial charge is 0.348 e. The number of methoxy groups -OCH3 is 2.